The summed E-state index contributed by atoms with van der Waals surface area (Å²) in [7, 11) is 1.76. The van der Waals surface area contributed by atoms with Gasteiger partial charge in [-0.25, -0.2) is 4.98 Å². The fourth-order valence-corrected chi connectivity index (χ4v) is 3.17. The zero-order chi connectivity index (χ0) is 21.3. The molecule has 0 saturated heterocycles. The Labute approximate surface area is 206 Å². The summed E-state index contributed by atoms with van der Waals surface area (Å²) in [4.78, 5) is 8.58. The minimum absolute atomic E-state index is 0. The molecule has 3 rings (SSSR count). The third kappa shape index (κ3) is 8.06. The van der Waals surface area contributed by atoms with Crippen LogP contribution in [0.15, 0.2) is 65.9 Å². The normalized spacial score (nSPS) is 12.1. The van der Waals surface area contributed by atoms with Gasteiger partial charge in [-0.05, 0) is 49.2 Å². The Hall–Kier alpha value is -2.26. The van der Waals surface area contributed by atoms with E-state index in [1.165, 1.54) is 11.1 Å². The zero-order valence-corrected chi connectivity index (χ0v) is 21.1. The van der Waals surface area contributed by atoms with Gasteiger partial charge in [-0.15, -0.1) is 24.0 Å². The topological polar surface area (TPSA) is 63.5 Å². The van der Waals surface area contributed by atoms with E-state index in [4.69, 9.17) is 16.3 Å². The lowest BCUT2D eigenvalue weighted by Crippen LogP contribution is -2.41. The van der Waals surface area contributed by atoms with Crippen LogP contribution in [0.2, 0.25) is 5.02 Å². The first kappa shape index (κ1) is 25.0. The van der Waals surface area contributed by atoms with Gasteiger partial charge < -0.3 is 19.9 Å². The third-order valence-electron chi connectivity index (χ3n) is 4.66. The van der Waals surface area contributed by atoms with Crippen molar-refractivity contribution < 1.29 is 4.74 Å². The third-order valence-corrected chi connectivity index (χ3v) is 4.91. The molecule has 1 aromatic heterocycles. The van der Waals surface area contributed by atoms with Gasteiger partial charge >= 0.3 is 0 Å². The van der Waals surface area contributed by atoms with E-state index in [1.807, 2.05) is 50.5 Å². The van der Waals surface area contributed by atoms with E-state index in [-0.39, 0.29) is 30.1 Å². The molecule has 8 heteroatoms. The number of aryl methyl sites for hydroxylation is 1. The molecule has 31 heavy (non-hydrogen) atoms. The number of nitrogens with zero attached hydrogens (tertiary/aromatic N) is 3. The Morgan fingerprint density at radius 1 is 1.16 bits per heavy atom. The van der Waals surface area contributed by atoms with Crippen molar-refractivity contribution in [1.82, 2.24) is 20.2 Å². The summed E-state index contributed by atoms with van der Waals surface area (Å²) in [6.07, 6.45) is 3.80. The number of guanidine groups is 1. The van der Waals surface area contributed by atoms with E-state index >= 15 is 0 Å². The average Bonchev–Trinajstić information content (AvgIpc) is 3.14. The molecule has 166 valence electrons. The number of imidazole rings is 1. The summed E-state index contributed by atoms with van der Waals surface area (Å²) in [5, 5.41) is 7.36. The second-order valence-electron chi connectivity index (χ2n) is 7.11. The molecular formula is C23H29ClIN5O. The predicted octanol–water partition coefficient (Wildman–Crippen LogP) is 4.64. The lowest BCUT2D eigenvalue weighted by molar-refractivity contribution is 0.224. The molecule has 0 radical (unpaired) electrons. The van der Waals surface area contributed by atoms with E-state index < -0.39 is 0 Å². The van der Waals surface area contributed by atoms with E-state index in [0.29, 0.717) is 18.1 Å². The molecule has 2 aromatic carbocycles. The van der Waals surface area contributed by atoms with Gasteiger partial charge in [0.15, 0.2) is 5.96 Å². The maximum Gasteiger partial charge on any atom is 0.191 e. The summed E-state index contributed by atoms with van der Waals surface area (Å²) in [6.45, 7) is 6.15. The number of halogens is 2. The number of rotatable bonds is 8. The van der Waals surface area contributed by atoms with Crippen molar-refractivity contribution in [2.75, 3.05) is 13.6 Å². The minimum atomic E-state index is -0.0218. The van der Waals surface area contributed by atoms with Gasteiger partial charge in [-0.3, -0.25) is 4.99 Å². The lowest BCUT2D eigenvalue weighted by Gasteiger charge is -2.18. The number of ether oxygens (including phenoxy) is 1. The van der Waals surface area contributed by atoms with Crippen LogP contribution in [0.25, 0.3) is 0 Å². The summed E-state index contributed by atoms with van der Waals surface area (Å²) in [5.41, 5.74) is 2.43. The standard InChI is InChI=1S/C23H28ClN5O.HI/c1-17(30-22-9-7-21(24)8-10-22)14-27-23(25-3)28-15-19-5-4-6-20(13-19)16-29-12-11-26-18(29)2;/h4-13,17H,14-16H2,1-3H3,(H2,25,27,28);1H. The first-order valence-corrected chi connectivity index (χ1v) is 10.3. The van der Waals surface area contributed by atoms with Crippen LogP contribution in [0, 0.1) is 6.92 Å². The van der Waals surface area contributed by atoms with Gasteiger partial charge in [0, 0.05) is 37.6 Å². The fraction of sp³-hybridized carbons (Fsp3) is 0.304. The first-order valence-electron chi connectivity index (χ1n) is 9.96. The predicted molar refractivity (Wildman–Crippen MR) is 138 cm³/mol. The van der Waals surface area contributed by atoms with Crippen LogP contribution in [0.5, 0.6) is 5.75 Å². The summed E-state index contributed by atoms with van der Waals surface area (Å²) >= 11 is 5.91. The highest BCUT2D eigenvalue weighted by atomic mass is 127. The number of hydrogen-bond acceptors (Lipinski definition) is 3. The summed E-state index contributed by atoms with van der Waals surface area (Å²) in [6, 6.07) is 15.9. The highest BCUT2D eigenvalue weighted by molar-refractivity contribution is 14.0. The Kier molecular flexibility index (Phi) is 10.1. The van der Waals surface area contributed by atoms with Crippen LogP contribution >= 0.6 is 35.6 Å². The van der Waals surface area contributed by atoms with Crippen LogP contribution in [-0.4, -0.2) is 35.2 Å². The van der Waals surface area contributed by atoms with Crippen molar-refractivity contribution in [2.24, 2.45) is 4.99 Å². The van der Waals surface area contributed by atoms with E-state index in [0.717, 1.165) is 24.1 Å². The van der Waals surface area contributed by atoms with Gasteiger partial charge in [0.1, 0.15) is 17.7 Å². The number of benzene rings is 2. The van der Waals surface area contributed by atoms with Crippen LogP contribution in [-0.2, 0) is 13.1 Å². The number of hydrogen-bond donors (Lipinski definition) is 2. The maximum absolute atomic E-state index is 5.91. The van der Waals surface area contributed by atoms with Gasteiger partial charge in [0.2, 0.25) is 0 Å². The van der Waals surface area contributed by atoms with Crippen molar-refractivity contribution in [3.05, 3.63) is 82.9 Å². The molecule has 2 N–H and O–H groups in total. The molecule has 0 saturated carbocycles. The molecule has 1 unspecified atom stereocenters. The molecule has 0 aliphatic rings. The Morgan fingerprint density at radius 3 is 2.58 bits per heavy atom. The number of nitrogens with one attached hydrogen (secondary N) is 2. The molecular weight excluding hydrogens is 525 g/mol. The highest BCUT2D eigenvalue weighted by Gasteiger charge is 2.06. The van der Waals surface area contributed by atoms with Gasteiger partial charge in [-0.1, -0.05) is 35.9 Å². The largest absolute Gasteiger partial charge is 0.489 e. The van der Waals surface area contributed by atoms with Gasteiger partial charge in [0.05, 0.1) is 6.54 Å². The SMILES string of the molecule is CN=C(NCc1cccc(Cn2ccnc2C)c1)NCC(C)Oc1ccc(Cl)cc1.I. The van der Waals surface area contributed by atoms with Crippen molar-refractivity contribution in [1.29, 1.82) is 0 Å². The molecule has 3 aromatic rings. The van der Waals surface area contributed by atoms with Crippen LogP contribution in [0.3, 0.4) is 0 Å². The van der Waals surface area contributed by atoms with Crippen LogP contribution < -0.4 is 15.4 Å². The second-order valence-corrected chi connectivity index (χ2v) is 7.55. The number of aromatic nitrogens is 2. The summed E-state index contributed by atoms with van der Waals surface area (Å²) in [5.74, 6) is 2.54. The van der Waals surface area contributed by atoms with Crippen molar-refractivity contribution in [3.63, 3.8) is 0 Å². The Bertz CT molecular complexity index is 974. The minimum Gasteiger partial charge on any atom is -0.489 e. The number of aliphatic imine (C=N–C) groups is 1. The van der Waals surface area contributed by atoms with E-state index in [1.54, 1.807) is 7.05 Å². The fourth-order valence-electron chi connectivity index (χ4n) is 3.04. The van der Waals surface area contributed by atoms with Gasteiger partial charge in [-0.2, -0.15) is 0 Å². The second kappa shape index (κ2) is 12.6. The molecule has 0 fully saturated rings. The summed E-state index contributed by atoms with van der Waals surface area (Å²) < 4.78 is 8.02. The Morgan fingerprint density at radius 2 is 1.90 bits per heavy atom. The highest BCUT2D eigenvalue weighted by Crippen LogP contribution is 2.16. The Balaban J connectivity index is 0.00000341. The first-order chi connectivity index (χ1) is 14.5. The quantitative estimate of drug-likeness (QED) is 0.242. The molecule has 0 spiro atoms. The van der Waals surface area contributed by atoms with E-state index in [2.05, 4.69) is 49.4 Å². The van der Waals surface area contributed by atoms with Crippen LogP contribution in [0.1, 0.15) is 23.9 Å². The molecule has 1 atom stereocenters. The lowest BCUT2D eigenvalue weighted by atomic mass is 10.1. The molecule has 0 bridgehead atoms. The average molecular weight is 554 g/mol. The van der Waals surface area contributed by atoms with Gasteiger partial charge in [0.25, 0.3) is 0 Å². The molecule has 0 amide bonds. The smallest absolute Gasteiger partial charge is 0.191 e. The monoisotopic (exact) mass is 553 g/mol. The van der Waals surface area contributed by atoms with Crippen molar-refractivity contribution in [3.8, 4) is 5.75 Å². The zero-order valence-electron chi connectivity index (χ0n) is 18.0. The molecule has 1 heterocycles. The molecule has 0 aliphatic carbocycles. The van der Waals surface area contributed by atoms with Crippen molar-refractivity contribution in [2.45, 2.75) is 33.0 Å². The molecule has 0 aliphatic heterocycles. The van der Waals surface area contributed by atoms with Crippen LogP contribution in [0.4, 0.5) is 0 Å². The molecule has 6 nitrogen and oxygen atoms in total. The maximum atomic E-state index is 5.91. The van der Waals surface area contributed by atoms with Crippen molar-refractivity contribution >= 4 is 41.5 Å². The van der Waals surface area contributed by atoms with E-state index in [9.17, 15) is 0 Å².